The van der Waals surface area contributed by atoms with Crippen LogP contribution in [0.5, 0.6) is 0 Å². The first-order valence-corrected chi connectivity index (χ1v) is 9.13. The van der Waals surface area contributed by atoms with Crippen molar-refractivity contribution < 1.29 is 8.42 Å². The van der Waals surface area contributed by atoms with E-state index in [-0.39, 0.29) is 0 Å². The fraction of sp³-hybridized carbons (Fsp3) is 0.625. The zero-order valence-electron chi connectivity index (χ0n) is 13.5. The Balaban J connectivity index is 2.98. The smallest absolute Gasteiger partial charge is 0.240 e. The van der Waals surface area contributed by atoms with Crippen LogP contribution in [0.4, 0.5) is 0 Å². The quantitative estimate of drug-likeness (QED) is 0.737. The molecule has 0 aromatic heterocycles. The van der Waals surface area contributed by atoms with Gasteiger partial charge in [-0.1, -0.05) is 39.0 Å². The summed E-state index contributed by atoms with van der Waals surface area (Å²) in [5.41, 5.74) is 0.876. The SMILES string of the molecule is CCCNC(Cc1ccccc1S(=O)(=O)NC)CC(C)C. The minimum Gasteiger partial charge on any atom is -0.314 e. The summed E-state index contributed by atoms with van der Waals surface area (Å²) in [6, 6.07) is 7.55. The molecule has 0 spiro atoms. The van der Waals surface area contributed by atoms with Crippen molar-refractivity contribution in [2.24, 2.45) is 5.92 Å². The fourth-order valence-electron chi connectivity index (χ4n) is 2.47. The van der Waals surface area contributed by atoms with Crippen LogP contribution in [0.2, 0.25) is 0 Å². The second-order valence-electron chi connectivity index (χ2n) is 5.80. The van der Waals surface area contributed by atoms with Crippen molar-refractivity contribution in [3.05, 3.63) is 29.8 Å². The fourth-order valence-corrected chi connectivity index (χ4v) is 3.44. The van der Waals surface area contributed by atoms with Crippen LogP contribution in [-0.4, -0.2) is 28.1 Å². The maximum absolute atomic E-state index is 12.1. The average molecular weight is 312 g/mol. The maximum Gasteiger partial charge on any atom is 0.240 e. The molecule has 0 saturated carbocycles. The van der Waals surface area contributed by atoms with Crippen LogP contribution in [0.1, 0.15) is 39.2 Å². The summed E-state index contributed by atoms with van der Waals surface area (Å²) in [4.78, 5) is 0.388. The molecule has 0 aliphatic rings. The lowest BCUT2D eigenvalue weighted by Gasteiger charge is -2.22. The van der Waals surface area contributed by atoms with Gasteiger partial charge in [-0.2, -0.15) is 0 Å². The van der Waals surface area contributed by atoms with E-state index in [1.807, 2.05) is 12.1 Å². The lowest BCUT2D eigenvalue weighted by atomic mass is 9.97. The van der Waals surface area contributed by atoms with Gasteiger partial charge < -0.3 is 5.32 Å². The number of rotatable bonds is 9. The molecule has 0 fully saturated rings. The molecule has 0 aliphatic carbocycles. The highest BCUT2D eigenvalue weighted by Gasteiger charge is 2.19. The number of sulfonamides is 1. The van der Waals surface area contributed by atoms with Crippen LogP contribution < -0.4 is 10.0 Å². The van der Waals surface area contributed by atoms with Gasteiger partial charge in [0.2, 0.25) is 10.0 Å². The lowest BCUT2D eigenvalue weighted by molar-refractivity contribution is 0.414. The van der Waals surface area contributed by atoms with Crippen LogP contribution >= 0.6 is 0 Å². The van der Waals surface area contributed by atoms with Crippen molar-refractivity contribution in [1.29, 1.82) is 0 Å². The van der Waals surface area contributed by atoms with Crippen LogP contribution in [0.15, 0.2) is 29.2 Å². The minimum absolute atomic E-state index is 0.304. The summed E-state index contributed by atoms with van der Waals surface area (Å²) < 4.78 is 26.6. The largest absolute Gasteiger partial charge is 0.314 e. The molecule has 0 heterocycles. The molecule has 2 N–H and O–H groups in total. The average Bonchev–Trinajstić information content (AvgIpc) is 2.44. The molecule has 1 aromatic rings. The third kappa shape index (κ3) is 5.77. The predicted molar refractivity (Wildman–Crippen MR) is 87.9 cm³/mol. The van der Waals surface area contributed by atoms with Crippen molar-refractivity contribution >= 4 is 10.0 Å². The zero-order chi connectivity index (χ0) is 15.9. The van der Waals surface area contributed by atoms with Crippen molar-refractivity contribution in [2.75, 3.05) is 13.6 Å². The molecule has 0 bridgehead atoms. The van der Waals surface area contributed by atoms with E-state index in [1.165, 1.54) is 7.05 Å². The molecule has 1 rings (SSSR count). The number of hydrogen-bond acceptors (Lipinski definition) is 3. The van der Waals surface area contributed by atoms with E-state index in [4.69, 9.17) is 0 Å². The Bertz CT molecular complexity index is 527. The predicted octanol–water partition coefficient (Wildman–Crippen LogP) is 2.55. The second kappa shape index (κ2) is 8.51. The monoisotopic (exact) mass is 312 g/mol. The van der Waals surface area contributed by atoms with E-state index in [0.29, 0.717) is 16.9 Å². The lowest BCUT2D eigenvalue weighted by Crippen LogP contribution is -2.33. The van der Waals surface area contributed by atoms with Crippen LogP contribution in [0.25, 0.3) is 0 Å². The first-order chi connectivity index (χ1) is 9.90. The molecule has 5 heteroatoms. The normalized spacial score (nSPS) is 13.6. The van der Waals surface area contributed by atoms with E-state index >= 15 is 0 Å². The van der Waals surface area contributed by atoms with Gasteiger partial charge >= 0.3 is 0 Å². The summed E-state index contributed by atoms with van der Waals surface area (Å²) in [5.74, 6) is 0.576. The highest BCUT2D eigenvalue weighted by Crippen LogP contribution is 2.19. The van der Waals surface area contributed by atoms with Gasteiger partial charge in [0.25, 0.3) is 0 Å². The minimum atomic E-state index is -3.40. The molecule has 21 heavy (non-hydrogen) atoms. The number of nitrogens with one attached hydrogen (secondary N) is 2. The summed E-state index contributed by atoms with van der Waals surface area (Å²) in [6.45, 7) is 7.48. The molecule has 0 aliphatic heterocycles. The Morgan fingerprint density at radius 1 is 1.19 bits per heavy atom. The van der Waals surface area contributed by atoms with E-state index < -0.39 is 10.0 Å². The molecular weight excluding hydrogens is 284 g/mol. The Kier molecular flexibility index (Phi) is 7.35. The van der Waals surface area contributed by atoms with E-state index in [0.717, 1.165) is 31.4 Å². The summed E-state index contributed by atoms with van der Waals surface area (Å²) in [6.07, 6.45) is 2.84. The van der Waals surface area contributed by atoms with Crippen LogP contribution in [0, 0.1) is 5.92 Å². The molecule has 1 aromatic carbocycles. The molecule has 0 radical (unpaired) electrons. The maximum atomic E-state index is 12.1. The Labute approximate surface area is 129 Å². The van der Waals surface area contributed by atoms with Gasteiger partial charge in [-0.05, 0) is 50.4 Å². The molecular formula is C16H28N2O2S. The molecule has 0 amide bonds. The topological polar surface area (TPSA) is 58.2 Å². The number of hydrogen-bond donors (Lipinski definition) is 2. The first-order valence-electron chi connectivity index (χ1n) is 7.65. The zero-order valence-corrected chi connectivity index (χ0v) is 14.3. The van der Waals surface area contributed by atoms with Gasteiger partial charge in [-0.15, -0.1) is 0 Å². The summed E-state index contributed by atoms with van der Waals surface area (Å²) in [7, 11) is -1.95. The highest BCUT2D eigenvalue weighted by molar-refractivity contribution is 7.89. The van der Waals surface area contributed by atoms with Gasteiger partial charge in [0.1, 0.15) is 0 Å². The molecule has 1 atom stereocenters. The molecule has 4 nitrogen and oxygen atoms in total. The third-order valence-electron chi connectivity index (χ3n) is 3.44. The van der Waals surface area contributed by atoms with Crippen LogP contribution in [-0.2, 0) is 16.4 Å². The van der Waals surface area contributed by atoms with Gasteiger partial charge in [-0.25, -0.2) is 13.1 Å². The van der Waals surface area contributed by atoms with E-state index in [1.54, 1.807) is 12.1 Å². The van der Waals surface area contributed by atoms with Gasteiger partial charge in [0.15, 0.2) is 0 Å². The molecule has 1 unspecified atom stereocenters. The second-order valence-corrected chi connectivity index (χ2v) is 7.65. The first kappa shape index (κ1) is 18.1. The van der Waals surface area contributed by atoms with Crippen molar-refractivity contribution in [2.45, 2.75) is 51.0 Å². The summed E-state index contributed by atoms with van der Waals surface area (Å²) in [5, 5.41) is 3.53. The van der Waals surface area contributed by atoms with Crippen LogP contribution in [0.3, 0.4) is 0 Å². The standard InChI is InChI=1S/C16H28N2O2S/c1-5-10-18-15(11-13(2)3)12-14-8-6-7-9-16(14)21(19,20)17-4/h6-9,13,15,17-18H,5,10-12H2,1-4H3. The molecule has 120 valence electrons. The highest BCUT2D eigenvalue weighted by atomic mass is 32.2. The third-order valence-corrected chi connectivity index (χ3v) is 4.95. The van der Waals surface area contributed by atoms with Crippen molar-refractivity contribution in [3.63, 3.8) is 0 Å². The Hall–Kier alpha value is -0.910. The summed E-state index contributed by atoms with van der Waals surface area (Å²) >= 11 is 0. The van der Waals surface area contributed by atoms with Crippen molar-refractivity contribution in [3.8, 4) is 0 Å². The Morgan fingerprint density at radius 3 is 2.43 bits per heavy atom. The van der Waals surface area contributed by atoms with Gasteiger partial charge in [0.05, 0.1) is 4.90 Å². The van der Waals surface area contributed by atoms with Gasteiger partial charge in [-0.3, -0.25) is 0 Å². The Morgan fingerprint density at radius 2 is 1.86 bits per heavy atom. The van der Waals surface area contributed by atoms with Gasteiger partial charge in [0, 0.05) is 6.04 Å². The van der Waals surface area contributed by atoms with E-state index in [2.05, 4.69) is 30.8 Å². The number of benzene rings is 1. The molecule has 0 saturated heterocycles. The van der Waals surface area contributed by atoms with Crippen molar-refractivity contribution in [1.82, 2.24) is 10.0 Å². The van der Waals surface area contributed by atoms with E-state index in [9.17, 15) is 8.42 Å².